The number of rotatable bonds is 3. The van der Waals surface area contributed by atoms with Gasteiger partial charge in [0.25, 0.3) is 0 Å². The molecule has 0 spiro atoms. The van der Waals surface area contributed by atoms with Crippen LogP contribution in [0.3, 0.4) is 0 Å². The minimum absolute atomic E-state index is 0.330. The van der Waals surface area contributed by atoms with Crippen LogP contribution >= 0.6 is 0 Å². The number of aryl methyl sites for hydroxylation is 1. The molecule has 1 aromatic rings. The molecule has 120 valence electrons. The molecular formula is C12H17F3N2O3S. The minimum Gasteiger partial charge on any atom is -0.326 e. The molecule has 0 atom stereocenters. The zero-order valence-electron chi connectivity index (χ0n) is 11.8. The average molecular weight is 326 g/mol. The molecule has 21 heavy (non-hydrogen) atoms. The van der Waals surface area contributed by atoms with E-state index in [-0.39, 0.29) is 0 Å². The van der Waals surface area contributed by atoms with Gasteiger partial charge in [0, 0.05) is 13.6 Å². The highest BCUT2D eigenvalue weighted by Crippen LogP contribution is 2.22. The summed E-state index contributed by atoms with van der Waals surface area (Å²) in [5, 5.41) is 0. The van der Waals surface area contributed by atoms with Crippen molar-refractivity contribution >= 4 is 22.0 Å². The van der Waals surface area contributed by atoms with Crippen LogP contribution in [0.2, 0.25) is 0 Å². The van der Waals surface area contributed by atoms with Gasteiger partial charge in [0.05, 0.1) is 11.9 Å². The SMILES string of the molecule is Cc1ccc(N(C)S(C)(=O)=O)c(CN)c1.O=CC(F)(F)F. The summed E-state index contributed by atoms with van der Waals surface area (Å²) in [7, 11) is -1.70. The van der Waals surface area contributed by atoms with Crippen molar-refractivity contribution in [1.82, 2.24) is 0 Å². The Bertz CT molecular complexity index is 586. The zero-order valence-corrected chi connectivity index (χ0v) is 12.6. The van der Waals surface area contributed by atoms with E-state index in [1.54, 1.807) is 6.07 Å². The molecular weight excluding hydrogens is 309 g/mol. The number of carbonyl (C=O) groups is 1. The van der Waals surface area contributed by atoms with Crippen molar-refractivity contribution in [2.75, 3.05) is 17.6 Å². The van der Waals surface area contributed by atoms with E-state index in [0.717, 1.165) is 11.1 Å². The molecule has 0 heterocycles. The monoisotopic (exact) mass is 326 g/mol. The van der Waals surface area contributed by atoms with E-state index in [1.165, 1.54) is 17.6 Å². The Morgan fingerprint density at radius 3 is 2.14 bits per heavy atom. The van der Waals surface area contributed by atoms with Crippen LogP contribution < -0.4 is 10.0 Å². The van der Waals surface area contributed by atoms with Gasteiger partial charge in [-0.05, 0) is 18.6 Å². The third kappa shape index (κ3) is 7.09. The van der Waals surface area contributed by atoms with E-state index >= 15 is 0 Å². The summed E-state index contributed by atoms with van der Waals surface area (Å²) in [4.78, 5) is 8.70. The Balaban J connectivity index is 0.000000567. The number of anilines is 1. The van der Waals surface area contributed by atoms with Crippen LogP contribution in [-0.4, -0.2) is 34.2 Å². The van der Waals surface area contributed by atoms with Crippen LogP contribution in [0.5, 0.6) is 0 Å². The van der Waals surface area contributed by atoms with Crippen LogP contribution in [0.1, 0.15) is 11.1 Å². The highest BCUT2D eigenvalue weighted by molar-refractivity contribution is 7.92. The van der Waals surface area contributed by atoms with Crippen molar-refractivity contribution in [3.63, 3.8) is 0 Å². The van der Waals surface area contributed by atoms with Crippen LogP contribution in [-0.2, 0) is 21.4 Å². The number of alkyl halides is 3. The molecule has 1 rings (SSSR count). The second-order valence-corrected chi connectivity index (χ2v) is 6.24. The summed E-state index contributed by atoms with van der Waals surface area (Å²) in [6.07, 6.45) is -4.53. The summed E-state index contributed by atoms with van der Waals surface area (Å²) >= 11 is 0. The summed E-state index contributed by atoms with van der Waals surface area (Å²) < 4.78 is 55.2. The fourth-order valence-electron chi connectivity index (χ4n) is 1.36. The molecule has 0 aliphatic rings. The van der Waals surface area contributed by atoms with Gasteiger partial charge in [0.2, 0.25) is 16.3 Å². The smallest absolute Gasteiger partial charge is 0.326 e. The fourth-order valence-corrected chi connectivity index (χ4v) is 1.90. The lowest BCUT2D eigenvalue weighted by molar-refractivity contribution is -0.156. The van der Waals surface area contributed by atoms with Gasteiger partial charge in [-0.3, -0.25) is 9.10 Å². The van der Waals surface area contributed by atoms with E-state index in [4.69, 9.17) is 10.5 Å². The first-order valence-electron chi connectivity index (χ1n) is 5.69. The fraction of sp³-hybridized carbons (Fsp3) is 0.417. The third-order valence-electron chi connectivity index (χ3n) is 2.43. The van der Waals surface area contributed by atoms with Gasteiger partial charge in [0.1, 0.15) is 0 Å². The second-order valence-electron chi connectivity index (χ2n) is 4.23. The van der Waals surface area contributed by atoms with Crippen LogP contribution in [0, 0.1) is 6.92 Å². The number of hydrogen-bond donors (Lipinski definition) is 1. The summed E-state index contributed by atoms with van der Waals surface area (Å²) in [6.45, 7) is 2.28. The van der Waals surface area contributed by atoms with Gasteiger partial charge in [0.15, 0.2) is 0 Å². The molecule has 0 saturated carbocycles. The minimum atomic E-state index is -4.64. The lowest BCUT2D eigenvalue weighted by atomic mass is 10.1. The number of sulfonamides is 1. The topological polar surface area (TPSA) is 80.5 Å². The van der Waals surface area contributed by atoms with Crippen molar-refractivity contribution in [2.45, 2.75) is 19.6 Å². The van der Waals surface area contributed by atoms with Gasteiger partial charge in [-0.2, -0.15) is 13.2 Å². The Morgan fingerprint density at radius 2 is 1.81 bits per heavy atom. The Kier molecular flexibility index (Phi) is 6.84. The highest BCUT2D eigenvalue weighted by atomic mass is 32.2. The number of halogens is 3. The molecule has 0 aromatic heterocycles. The summed E-state index contributed by atoms with van der Waals surface area (Å²) in [5.41, 5.74) is 8.13. The summed E-state index contributed by atoms with van der Waals surface area (Å²) in [6, 6.07) is 5.55. The molecule has 0 amide bonds. The molecule has 0 aliphatic carbocycles. The largest absolute Gasteiger partial charge is 0.446 e. The zero-order chi connectivity index (χ0) is 16.8. The van der Waals surface area contributed by atoms with Gasteiger partial charge >= 0.3 is 6.18 Å². The molecule has 5 nitrogen and oxygen atoms in total. The molecule has 0 saturated heterocycles. The lowest BCUT2D eigenvalue weighted by Crippen LogP contribution is -2.26. The lowest BCUT2D eigenvalue weighted by Gasteiger charge is -2.20. The molecule has 2 N–H and O–H groups in total. The number of carbonyl (C=O) groups excluding carboxylic acids is 1. The average Bonchev–Trinajstić information content (AvgIpc) is 2.36. The van der Waals surface area contributed by atoms with E-state index in [1.807, 2.05) is 19.1 Å². The van der Waals surface area contributed by atoms with Crippen LogP contribution in [0.15, 0.2) is 18.2 Å². The number of aldehydes is 1. The molecule has 0 bridgehead atoms. The molecule has 1 aromatic carbocycles. The van der Waals surface area contributed by atoms with Crippen LogP contribution in [0.25, 0.3) is 0 Å². The molecule has 0 fully saturated rings. The first-order valence-corrected chi connectivity index (χ1v) is 7.53. The van der Waals surface area contributed by atoms with E-state index < -0.39 is 22.5 Å². The number of nitrogens with zero attached hydrogens (tertiary/aromatic N) is 1. The van der Waals surface area contributed by atoms with Crippen molar-refractivity contribution in [2.24, 2.45) is 5.73 Å². The van der Waals surface area contributed by atoms with E-state index in [9.17, 15) is 21.6 Å². The van der Waals surface area contributed by atoms with Crippen molar-refractivity contribution < 1.29 is 26.4 Å². The molecule has 0 unspecified atom stereocenters. The van der Waals surface area contributed by atoms with E-state index in [2.05, 4.69) is 0 Å². The first-order chi connectivity index (χ1) is 9.42. The van der Waals surface area contributed by atoms with Gasteiger partial charge in [-0.1, -0.05) is 17.7 Å². The maximum Gasteiger partial charge on any atom is 0.446 e. The maximum absolute atomic E-state index is 11.4. The summed E-state index contributed by atoms with van der Waals surface area (Å²) in [5.74, 6) is 0. The standard InChI is InChI=1S/C10H16N2O2S.C2HF3O/c1-8-4-5-10(9(6-8)7-11)12(2)15(3,13)14;3-2(4,5)1-6/h4-6H,7,11H2,1-3H3;1H. The Morgan fingerprint density at radius 1 is 1.33 bits per heavy atom. The number of nitrogens with two attached hydrogens (primary N) is 1. The first kappa shape index (κ1) is 19.4. The van der Waals surface area contributed by atoms with Crippen LogP contribution in [0.4, 0.5) is 18.9 Å². The predicted molar refractivity (Wildman–Crippen MR) is 74.4 cm³/mol. The quantitative estimate of drug-likeness (QED) is 0.856. The number of hydrogen-bond acceptors (Lipinski definition) is 4. The van der Waals surface area contributed by atoms with Crippen molar-refractivity contribution in [3.8, 4) is 0 Å². The third-order valence-corrected chi connectivity index (χ3v) is 3.62. The normalized spacial score (nSPS) is 11.4. The number of benzene rings is 1. The Labute approximate surface area is 121 Å². The maximum atomic E-state index is 11.4. The van der Waals surface area contributed by atoms with Crippen molar-refractivity contribution in [1.29, 1.82) is 0 Å². The van der Waals surface area contributed by atoms with Gasteiger partial charge in [-0.15, -0.1) is 0 Å². The Hall–Kier alpha value is -1.61. The second kappa shape index (κ2) is 7.41. The van der Waals surface area contributed by atoms with E-state index in [0.29, 0.717) is 12.2 Å². The van der Waals surface area contributed by atoms with Crippen molar-refractivity contribution in [3.05, 3.63) is 29.3 Å². The predicted octanol–water partition coefficient (Wildman–Crippen LogP) is 1.60. The highest BCUT2D eigenvalue weighted by Gasteiger charge is 2.24. The molecule has 9 heteroatoms. The van der Waals surface area contributed by atoms with Gasteiger partial charge in [-0.25, -0.2) is 8.42 Å². The molecule has 0 aliphatic heterocycles. The van der Waals surface area contributed by atoms with Gasteiger partial charge < -0.3 is 5.73 Å². The molecule has 0 radical (unpaired) electrons.